The van der Waals surface area contributed by atoms with Crippen LogP contribution in [0.5, 0.6) is 11.5 Å². The second-order valence-electron chi connectivity index (χ2n) is 8.70. The number of carbonyl (C=O) groups excluding carboxylic acids is 2. The molecule has 1 aliphatic rings. The van der Waals surface area contributed by atoms with Crippen LogP contribution in [0.1, 0.15) is 28.4 Å². The highest BCUT2D eigenvalue weighted by Crippen LogP contribution is 2.41. The first-order valence-corrected chi connectivity index (χ1v) is 13.6. The molecular formula is C28H26N2O5S2. The minimum absolute atomic E-state index is 0.227. The smallest absolute Gasteiger partial charge is 0.341 e. The summed E-state index contributed by atoms with van der Waals surface area (Å²) in [5.74, 6) is 0.533. The molecule has 0 bridgehead atoms. The maximum atomic E-state index is 13.2. The van der Waals surface area contributed by atoms with Gasteiger partial charge in [0, 0.05) is 16.3 Å². The zero-order chi connectivity index (χ0) is 26.1. The Balaban J connectivity index is 1.39. The summed E-state index contributed by atoms with van der Waals surface area (Å²) in [5, 5.41) is 6.65. The van der Waals surface area contributed by atoms with Gasteiger partial charge in [-0.05, 0) is 55.7 Å². The molecule has 1 amide bonds. The molecule has 4 aromatic rings. The number of methoxy groups -OCH3 is 1. The number of anilines is 1. The van der Waals surface area contributed by atoms with Crippen molar-refractivity contribution in [3.05, 3.63) is 64.5 Å². The van der Waals surface area contributed by atoms with Gasteiger partial charge in [-0.1, -0.05) is 36.0 Å². The molecule has 0 spiro atoms. The van der Waals surface area contributed by atoms with Crippen LogP contribution in [0.4, 0.5) is 5.00 Å². The minimum atomic E-state index is -0.524. The maximum absolute atomic E-state index is 13.2. The van der Waals surface area contributed by atoms with E-state index in [-0.39, 0.29) is 5.91 Å². The normalized spacial score (nSPS) is 13.3. The Labute approximate surface area is 223 Å². The van der Waals surface area contributed by atoms with E-state index in [1.165, 1.54) is 30.2 Å². The Kier molecular flexibility index (Phi) is 7.08. The number of thiophene rings is 1. The van der Waals surface area contributed by atoms with E-state index in [1.54, 1.807) is 0 Å². The highest BCUT2D eigenvalue weighted by molar-refractivity contribution is 8.00. The van der Waals surface area contributed by atoms with Crippen molar-refractivity contribution in [2.24, 2.45) is 0 Å². The number of para-hydroxylation sites is 1. The molecule has 0 aliphatic carbocycles. The second kappa shape index (κ2) is 10.4. The number of hydrogen-bond acceptors (Lipinski definition) is 8. The molecule has 190 valence electrons. The van der Waals surface area contributed by atoms with Crippen molar-refractivity contribution in [2.75, 3.05) is 25.6 Å². The van der Waals surface area contributed by atoms with Gasteiger partial charge in [0.05, 0.1) is 22.9 Å². The number of nitrogens with zero attached hydrogens (tertiary/aromatic N) is 1. The fourth-order valence-electron chi connectivity index (χ4n) is 4.22. The fourth-order valence-corrected chi connectivity index (χ4v) is 6.09. The Bertz CT molecular complexity index is 1510. The van der Waals surface area contributed by atoms with Crippen LogP contribution >= 0.6 is 23.1 Å². The predicted molar refractivity (Wildman–Crippen MR) is 147 cm³/mol. The Hall–Kier alpha value is -3.56. The molecule has 2 aromatic carbocycles. The molecule has 1 N–H and O–H groups in total. The van der Waals surface area contributed by atoms with Crippen LogP contribution in [-0.4, -0.2) is 42.4 Å². The number of nitrogens with one attached hydrogen (secondary N) is 1. The van der Waals surface area contributed by atoms with Crippen LogP contribution in [0.2, 0.25) is 0 Å². The van der Waals surface area contributed by atoms with Crippen molar-refractivity contribution in [2.45, 2.75) is 31.0 Å². The molecule has 37 heavy (non-hydrogen) atoms. The summed E-state index contributed by atoms with van der Waals surface area (Å²) >= 11 is 2.66. The first-order valence-electron chi connectivity index (χ1n) is 11.8. The number of pyridine rings is 1. The van der Waals surface area contributed by atoms with Gasteiger partial charge in [-0.2, -0.15) is 0 Å². The van der Waals surface area contributed by atoms with Gasteiger partial charge in [0.2, 0.25) is 5.91 Å². The number of hydrogen-bond donors (Lipinski definition) is 1. The van der Waals surface area contributed by atoms with Gasteiger partial charge in [-0.15, -0.1) is 11.3 Å². The molecule has 2 aromatic heterocycles. The SMILES string of the molecule is COC(=O)c1c(-c2ccc3c(c2)OCCO3)csc1NC(=O)C(C)Sc1cc(C)c2cccc(C)c2n1. The van der Waals surface area contributed by atoms with Crippen molar-refractivity contribution in [3.8, 4) is 22.6 Å². The predicted octanol–water partition coefficient (Wildman–Crippen LogP) is 6.26. The van der Waals surface area contributed by atoms with Gasteiger partial charge >= 0.3 is 5.97 Å². The zero-order valence-corrected chi connectivity index (χ0v) is 22.5. The zero-order valence-electron chi connectivity index (χ0n) is 20.9. The van der Waals surface area contributed by atoms with E-state index >= 15 is 0 Å². The van der Waals surface area contributed by atoms with E-state index in [1.807, 2.05) is 62.5 Å². The largest absolute Gasteiger partial charge is 0.486 e. The lowest BCUT2D eigenvalue weighted by Crippen LogP contribution is -2.23. The van der Waals surface area contributed by atoms with Crippen LogP contribution in [-0.2, 0) is 9.53 Å². The molecule has 1 aliphatic heterocycles. The van der Waals surface area contributed by atoms with Crippen molar-refractivity contribution in [3.63, 3.8) is 0 Å². The molecule has 3 heterocycles. The maximum Gasteiger partial charge on any atom is 0.341 e. The molecule has 9 heteroatoms. The molecular weight excluding hydrogens is 508 g/mol. The van der Waals surface area contributed by atoms with Gasteiger partial charge in [0.15, 0.2) is 11.5 Å². The van der Waals surface area contributed by atoms with Gasteiger partial charge in [-0.3, -0.25) is 4.79 Å². The summed E-state index contributed by atoms with van der Waals surface area (Å²) in [5.41, 5.74) is 4.88. The van der Waals surface area contributed by atoms with E-state index < -0.39 is 11.2 Å². The number of aromatic nitrogens is 1. The van der Waals surface area contributed by atoms with Crippen LogP contribution < -0.4 is 14.8 Å². The molecule has 0 radical (unpaired) electrons. The summed E-state index contributed by atoms with van der Waals surface area (Å²) in [6.07, 6.45) is 0. The third kappa shape index (κ3) is 5.01. The van der Waals surface area contributed by atoms with E-state index in [9.17, 15) is 9.59 Å². The lowest BCUT2D eigenvalue weighted by atomic mass is 10.0. The number of benzene rings is 2. The molecule has 0 saturated heterocycles. The summed E-state index contributed by atoms with van der Waals surface area (Å²) < 4.78 is 16.4. The first kappa shape index (κ1) is 25.1. The number of thioether (sulfide) groups is 1. The van der Waals surface area contributed by atoms with E-state index in [0.29, 0.717) is 40.8 Å². The summed E-state index contributed by atoms with van der Waals surface area (Å²) in [7, 11) is 1.33. The molecule has 0 saturated carbocycles. The molecule has 7 nitrogen and oxygen atoms in total. The van der Waals surface area contributed by atoms with Crippen LogP contribution in [0.3, 0.4) is 0 Å². The van der Waals surface area contributed by atoms with Gasteiger partial charge in [0.25, 0.3) is 0 Å². The Morgan fingerprint density at radius 2 is 1.86 bits per heavy atom. The number of carbonyl (C=O) groups is 2. The molecule has 5 rings (SSSR count). The average molecular weight is 535 g/mol. The minimum Gasteiger partial charge on any atom is -0.486 e. The van der Waals surface area contributed by atoms with E-state index in [2.05, 4.69) is 11.4 Å². The molecule has 1 atom stereocenters. The van der Waals surface area contributed by atoms with Gasteiger partial charge < -0.3 is 19.5 Å². The Morgan fingerprint density at radius 1 is 1.08 bits per heavy atom. The Morgan fingerprint density at radius 3 is 2.65 bits per heavy atom. The first-order chi connectivity index (χ1) is 17.9. The third-order valence-corrected chi connectivity index (χ3v) is 8.08. The van der Waals surface area contributed by atoms with E-state index in [0.717, 1.165) is 32.6 Å². The lowest BCUT2D eigenvalue weighted by Gasteiger charge is -2.19. The van der Waals surface area contributed by atoms with Gasteiger partial charge in [0.1, 0.15) is 23.8 Å². The van der Waals surface area contributed by atoms with Crippen LogP contribution in [0.15, 0.2) is 52.9 Å². The lowest BCUT2D eigenvalue weighted by molar-refractivity contribution is -0.115. The van der Waals surface area contributed by atoms with E-state index in [4.69, 9.17) is 19.2 Å². The van der Waals surface area contributed by atoms with Crippen molar-refractivity contribution in [1.82, 2.24) is 4.98 Å². The monoisotopic (exact) mass is 534 g/mol. The second-order valence-corrected chi connectivity index (χ2v) is 10.9. The topological polar surface area (TPSA) is 86.8 Å². The number of rotatable bonds is 6. The van der Waals surface area contributed by atoms with Crippen molar-refractivity contribution < 1.29 is 23.8 Å². The standard InChI is InChI=1S/C28H26N2O5S2/c1-15-6-5-7-19-16(2)12-23(29-25(15)19)37-17(3)26(31)30-27-24(28(32)33-4)20(14-36-27)18-8-9-21-22(13-18)35-11-10-34-21/h5-9,12-14,17H,10-11H2,1-4H3,(H,30,31). The summed E-state index contributed by atoms with van der Waals surface area (Å²) in [6, 6.07) is 13.6. The number of fused-ring (bicyclic) bond motifs is 2. The number of amides is 1. The molecule has 0 fully saturated rings. The molecule has 1 unspecified atom stereocenters. The number of aryl methyl sites for hydroxylation is 2. The highest BCUT2D eigenvalue weighted by Gasteiger charge is 2.25. The quantitative estimate of drug-likeness (QED) is 0.231. The number of esters is 1. The van der Waals surface area contributed by atoms with Gasteiger partial charge in [-0.25, -0.2) is 9.78 Å². The van der Waals surface area contributed by atoms with Crippen molar-refractivity contribution >= 4 is 50.9 Å². The van der Waals surface area contributed by atoms with Crippen LogP contribution in [0, 0.1) is 13.8 Å². The summed E-state index contributed by atoms with van der Waals surface area (Å²) in [6.45, 7) is 6.87. The number of ether oxygens (including phenoxy) is 3. The summed E-state index contributed by atoms with van der Waals surface area (Å²) in [4.78, 5) is 30.8. The average Bonchev–Trinajstić information content (AvgIpc) is 3.32. The third-order valence-electron chi connectivity index (χ3n) is 6.16. The van der Waals surface area contributed by atoms with Crippen molar-refractivity contribution in [1.29, 1.82) is 0 Å². The fraction of sp³-hybridized carbons (Fsp3) is 0.250. The van der Waals surface area contributed by atoms with Crippen LogP contribution in [0.25, 0.3) is 22.0 Å². The highest BCUT2D eigenvalue weighted by atomic mass is 32.2.